The third-order valence-electron chi connectivity index (χ3n) is 4.21. The van der Waals surface area contributed by atoms with Crippen molar-refractivity contribution in [2.45, 2.75) is 6.92 Å². The Bertz CT molecular complexity index is 821. The fraction of sp³-hybridized carbons (Fsp3) is 0.389. The number of esters is 1. The van der Waals surface area contributed by atoms with Gasteiger partial charge in [0.15, 0.2) is 5.82 Å². The van der Waals surface area contributed by atoms with Crippen LogP contribution in [0.5, 0.6) is 0 Å². The van der Waals surface area contributed by atoms with E-state index in [0.29, 0.717) is 50.1 Å². The summed E-state index contributed by atoms with van der Waals surface area (Å²) in [4.78, 5) is 31.4. The molecule has 3 rings (SSSR count). The molecule has 0 radical (unpaired) electrons. The van der Waals surface area contributed by atoms with Gasteiger partial charge in [-0.05, 0) is 31.2 Å². The van der Waals surface area contributed by atoms with Gasteiger partial charge in [0.25, 0.3) is 0 Å². The zero-order valence-corrected chi connectivity index (χ0v) is 15.8. The van der Waals surface area contributed by atoms with Crippen molar-refractivity contribution in [3.8, 4) is 0 Å². The number of hydrogen-bond acceptors (Lipinski definition) is 9. The Balaban J connectivity index is 1.61. The van der Waals surface area contributed by atoms with Crippen molar-refractivity contribution < 1.29 is 19.1 Å². The molecular weight excluding hydrogens is 364 g/mol. The normalized spacial score (nSPS) is 13.8. The monoisotopic (exact) mass is 386 g/mol. The second kappa shape index (κ2) is 8.98. The van der Waals surface area contributed by atoms with Gasteiger partial charge in [-0.25, -0.2) is 9.59 Å². The molecule has 1 aromatic carbocycles. The molecule has 148 valence electrons. The molecule has 1 aliphatic rings. The van der Waals surface area contributed by atoms with E-state index >= 15 is 0 Å². The number of carbonyl (C=O) groups excluding carboxylic acids is 2. The standard InChI is InChI=1S/C18H22N6O4/c1-3-28-18(26)24-10-8-23(9-11-24)17-21-15(12-19-22-17)20-14-6-4-13(5-7-14)16(25)27-2/h4-7,12H,3,8-11H2,1-2H3,(H,20,21,22). The fourth-order valence-electron chi connectivity index (χ4n) is 2.75. The number of methoxy groups -OCH3 is 1. The van der Waals surface area contributed by atoms with Gasteiger partial charge < -0.3 is 24.6 Å². The van der Waals surface area contributed by atoms with Crippen molar-refractivity contribution in [2.75, 3.05) is 50.1 Å². The summed E-state index contributed by atoms with van der Waals surface area (Å²) in [6, 6.07) is 6.84. The van der Waals surface area contributed by atoms with Crippen LogP contribution in [0.25, 0.3) is 0 Å². The quantitative estimate of drug-likeness (QED) is 0.767. The Hall–Kier alpha value is -3.43. The zero-order valence-electron chi connectivity index (χ0n) is 15.8. The highest BCUT2D eigenvalue weighted by Gasteiger charge is 2.23. The Labute approximate surface area is 162 Å². The maximum atomic E-state index is 11.8. The van der Waals surface area contributed by atoms with Crippen molar-refractivity contribution in [2.24, 2.45) is 0 Å². The molecule has 1 fully saturated rings. The Kier molecular flexibility index (Phi) is 6.20. The Morgan fingerprint density at radius 3 is 2.50 bits per heavy atom. The summed E-state index contributed by atoms with van der Waals surface area (Å²) in [5.41, 5.74) is 1.22. The number of nitrogens with zero attached hydrogens (tertiary/aromatic N) is 5. The number of amides is 1. The first-order chi connectivity index (χ1) is 13.6. The van der Waals surface area contributed by atoms with Crippen LogP contribution in [0.1, 0.15) is 17.3 Å². The first-order valence-corrected chi connectivity index (χ1v) is 8.92. The van der Waals surface area contributed by atoms with E-state index in [1.54, 1.807) is 36.1 Å². The summed E-state index contributed by atoms with van der Waals surface area (Å²) in [5.74, 6) is 0.628. The summed E-state index contributed by atoms with van der Waals surface area (Å²) in [6.45, 7) is 4.41. The zero-order chi connectivity index (χ0) is 19.9. The van der Waals surface area contributed by atoms with Gasteiger partial charge >= 0.3 is 12.1 Å². The molecule has 1 N–H and O–H groups in total. The Morgan fingerprint density at radius 1 is 1.14 bits per heavy atom. The molecule has 0 saturated carbocycles. The molecule has 1 amide bonds. The van der Waals surface area contributed by atoms with E-state index in [-0.39, 0.29) is 12.1 Å². The molecule has 1 aliphatic heterocycles. The minimum atomic E-state index is -0.389. The maximum absolute atomic E-state index is 11.8. The SMILES string of the molecule is CCOC(=O)N1CCN(c2nncc(Nc3ccc(C(=O)OC)cc3)n2)CC1. The molecule has 10 heteroatoms. The molecule has 1 saturated heterocycles. The lowest BCUT2D eigenvalue weighted by molar-refractivity contribution is 0.0600. The van der Waals surface area contributed by atoms with Crippen LogP contribution in [0.2, 0.25) is 0 Å². The van der Waals surface area contributed by atoms with Gasteiger partial charge in [0.1, 0.15) is 0 Å². The van der Waals surface area contributed by atoms with Crippen LogP contribution in [-0.2, 0) is 9.47 Å². The molecule has 0 unspecified atom stereocenters. The van der Waals surface area contributed by atoms with E-state index in [1.165, 1.54) is 13.3 Å². The first kappa shape index (κ1) is 19.3. The summed E-state index contributed by atoms with van der Waals surface area (Å²) < 4.78 is 9.71. The molecule has 10 nitrogen and oxygen atoms in total. The van der Waals surface area contributed by atoms with E-state index < -0.39 is 0 Å². The van der Waals surface area contributed by atoms with E-state index in [1.807, 2.05) is 4.90 Å². The highest BCUT2D eigenvalue weighted by atomic mass is 16.6. The summed E-state index contributed by atoms with van der Waals surface area (Å²) in [6.07, 6.45) is 1.22. The lowest BCUT2D eigenvalue weighted by Crippen LogP contribution is -2.49. The van der Waals surface area contributed by atoms with Crippen LogP contribution >= 0.6 is 0 Å². The van der Waals surface area contributed by atoms with Crippen LogP contribution in [0.15, 0.2) is 30.5 Å². The van der Waals surface area contributed by atoms with Gasteiger partial charge in [-0.2, -0.15) is 10.1 Å². The van der Waals surface area contributed by atoms with Gasteiger partial charge in [0.05, 0.1) is 25.5 Å². The van der Waals surface area contributed by atoms with Gasteiger partial charge in [-0.3, -0.25) is 0 Å². The number of anilines is 3. The molecule has 2 heterocycles. The summed E-state index contributed by atoms with van der Waals surface area (Å²) >= 11 is 0. The van der Waals surface area contributed by atoms with Gasteiger partial charge in [-0.15, -0.1) is 5.10 Å². The van der Waals surface area contributed by atoms with Crippen LogP contribution in [0.3, 0.4) is 0 Å². The predicted octanol–water partition coefficient (Wildman–Crippen LogP) is 1.68. The van der Waals surface area contributed by atoms with E-state index in [4.69, 9.17) is 4.74 Å². The highest BCUT2D eigenvalue weighted by molar-refractivity contribution is 5.89. The first-order valence-electron chi connectivity index (χ1n) is 8.92. The number of benzene rings is 1. The molecule has 0 atom stereocenters. The van der Waals surface area contributed by atoms with Crippen molar-refractivity contribution in [3.05, 3.63) is 36.0 Å². The predicted molar refractivity (Wildman–Crippen MR) is 102 cm³/mol. The largest absolute Gasteiger partial charge is 0.465 e. The molecule has 0 spiro atoms. The second-order valence-electron chi connectivity index (χ2n) is 6.01. The molecule has 2 aromatic rings. The maximum Gasteiger partial charge on any atom is 0.409 e. The molecular formula is C18H22N6O4. The Morgan fingerprint density at radius 2 is 1.86 bits per heavy atom. The molecule has 0 bridgehead atoms. The molecule has 28 heavy (non-hydrogen) atoms. The smallest absolute Gasteiger partial charge is 0.409 e. The molecule has 1 aromatic heterocycles. The summed E-state index contributed by atoms with van der Waals surface area (Å²) in [5, 5.41) is 11.2. The number of piperazine rings is 1. The average Bonchev–Trinajstić information content (AvgIpc) is 2.74. The minimum absolute atomic E-state index is 0.299. The lowest BCUT2D eigenvalue weighted by atomic mass is 10.2. The number of carbonyl (C=O) groups is 2. The van der Waals surface area contributed by atoms with Crippen molar-refractivity contribution in [3.63, 3.8) is 0 Å². The van der Waals surface area contributed by atoms with Crippen LogP contribution < -0.4 is 10.2 Å². The number of hydrogen-bond donors (Lipinski definition) is 1. The van der Waals surface area contributed by atoms with Gasteiger partial charge in [0.2, 0.25) is 5.95 Å². The van der Waals surface area contributed by atoms with Crippen LogP contribution in [-0.4, -0.2) is 72.0 Å². The van der Waals surface area contributed by atoms with Crippen molar-refractivity contribution >= 4 is 29.5 Å². The van der Waals surface area contributed by atoms with Gasteiger partial charge in [0, 0.05) is 31.9 Å². The number of nitrogens with one attached hydrogen (secondary N) is 1. The third-order valence-corrected chi connectivity index (χ3v) is 4.21. The van der Waals surface area contributed by atoms with Crippen LogP contribution in [0.4, 0.5) is 22.2 Å². The van der Waals surface area contributed by atoms with E-state index in [2.05, 4.69) is 25.2 Å². The molecule has 0 aliphatic carbocycles. The third kappa shape index (κ3) is 4.64. The van der Waals surface area contributed by atoms with Crippen LogP contribution in [0, 0.1) is 0 Å². The van der Waals surface area contributed by atoms with E-state index in [0.717, 1.165) is 5.69 Å². The minimum Gasteiger partial charge on any atom is -0.465 e. The lowest BCUT2D eigenvalue weighted by Gasteiger charge is -2.33. The van der Waals surface area contributed by atoms with Crippen molar-refractivity contribution in [1.29, 1.82) is 0 Å². The highest BCUT2D eigenvalue weighted by Crippen LogP contribution is 2.18. The number of rotatable bonds is 5. The summed E-state index contributed by atoms with van der Waals surface area (Å²) in [7, 11) is 1.34. The fourth-order valence-corrected chi connectivity index (χ4v) is 2.75. The number of ether oxygens (including phenoxy) is 2. The topological polar surface area (TPSA) is 110 Å². The average molecular weight is 386 g/mol. The van der Waals surface area contributed by atoms with Gasteiger partial charge in [-0.1, -0.05) is 0 Å². The van der Waals surface area contributed by atoms with E-state index in [9.17, 15) is 9.59 Å². The van der Waals surface area contributed by atoms with Crippen molar-refractivity contribution in [1.82, 2.24) is 20.1 Å². The second-order valence-corrected chi connectivity index (χ2v) is 6.01. The number of aromatic nitrogens is 3.